The first-order valence-electron chi connectivity index (χ1n) is 8.65. The van der Waals surface area contributed by atoms with Crippen molar-refractivity contribution in [2.24, 2.45) is 0 Å². The highest BCUT2D eigenvalue weighted by Gasteiger charge is 2.17. The van der Waals surface area contributed by atoms with Crippen molar-refractivity contribution in [3.05, 3.63) is 53.8 Å². The van der Waals surface area contributed by atoms with E-state index >= 15 is 0 Å². The lowest BCUT2D eigenvalue weighted by atomic mass is 10.1. The van der Waals surface area contributed by atoms with Crippen LogP contribution in [0.15, 0.2) is 42.5 Å². The summed E-state index contributed by atoms with van der Waals surface area (Å²) in [5.41, 5.74) is 1.09. The second-order valence-corrected chi connectivity index (χ2v) is 6.38. The average molecular weight is 400 g/mol. The van der Waals surface area contributed by atoms with E-state index in [1.54, 1.807) is 0 Å². The van der Waals surface area contributed by atoms with Crippen LogP contribution in [0, 0.1) is 5.82 Å². The summed E-state index contributed by atoms with van der Waals surface area (Å²) in [6, 6.07) is 9.79. The van der Waals surface area contributed by atoms with Crippen LogP contribution in [-0.4, -0.2) is 42.1 Å². The van der Waals surface area contributed by atoms with Gasteiger partial charge in [-0.15, -0.1) is 0 Å². The van der Waals surface area contributed by atoms with Crippen LogP contribution in [0.3, 0.4) is 0 Å². The fraction of sp³-hybridized carbons (Fsp3) is 0.200. The summed E-state index contributed by atoms with van der Waals surface area (Å²) >= 11 is 0. The number of halogens is 1. The van der Waals surface area contributed by atoms with Crippen LogP contribution in [0.1, 0.15) is 24.2 Å². The van der Waals surface area contributed by atoms with Gasteiger partial charge in [0.1, 0.15) is 5.82 Å². The van der Waals surface area contributed by atoms with Crippen molar-refractivity contribution in [2.75, 3.05) is 29.5 Å². The zero-order chi connectivity index (χ0) is 21.6. The van der Waals surface area contributed by atoms with Crippen molar-refractivity contribution in [1.29, 1.82) is 0 Å². The lowest BCUT2D eigenvalue weighted by Crippen LogP contribution is -2.35. The summed E-state index contributed by atoms with van der Waals surface area (Å²) in [4.78, 5) is 48.7. The summed E-state index contributed by atoms with van der Waals surface area (Å²) in [5.74, 6) is -2.19. The van der Waals surface area contributed by atoms with Crippen LogP contribution in [0.5, 0.6) is 0 Å². The molecule has 152 valence electrons. The highest BCUT2D eigenvalue weighted by molar-refractivity contribution is 6.02. The molecule has 0 saturated carbocycles. The number of amides is 4. The molecule has 0 aromatic heterocycles. The number of carbonyl (C=O) groups is 4. The Morgan fingerprint density at radius 2 is 1.45 bits per heavy atom. The van der Waals surface area contributed by atoms with Gasteiger partial charge in [-0.05, 0) is 36.4 Å². The number of hydrogen-bond acceptors (Lipinski definition) is 4. The van der Waals surface area contributed by atoms with Crippen LogP contribution in [0.2, 0.25) is 0 Å². The molecular weight excluding hydrogens is 379 g/mol. The number of hydrogen-bond donors (Lipinski definition) is 3. The quantitative estimate of drug-likeness (QED) is 0.692. The zero-order valence-corrected chi connectivity index (χ0v) is 16.2. The minimum Gasteiger partial charge on any atom is -0.332 e. The molecular formula is C20H21FN4O4. The molecule has 0 bridgehead atoms. The Labute approximate surface area is 167 Å². The lowest BCUT2D eigenvalue weighted by Gasteiger charge is -2.18. The lowest BCUT2D eigenvalue weighted by molar-refractivity contribution is -0.117. The minimum absolute atomic E-state index is 0.168. The van der Waals surface area contributed by atoms with Gasteiger partial charge in [0.15, 0.2) is 0 Å². The van der Waals surface area contributed by atoms with Crippen LogP contribution >= 0.6 is 0 Å². The maximum absolute atomic E-state index is 13.2. The van der Waals surface area contributed by atoms with Crippen LogP contribution in [0.25, 0.3) is 0 Å². The predicted octanol–water partition coefficient (Wildman–Crippen LogP) is 2.45. The second-order valence-electron chi connectivity index (χ2n) is 6.38. The molecule has 0 aliphatic rings. The monoisotopic (exact) mass is 400 g/mol. The minimum atomic E-state index is -0.508. The number of anilines is 3. The van der Waals surface area contributed by atoms with E-state index in [4.69, 9.17) is 0 Å². The van der Waals surface area contributed by atoms with E-state index in [1.807, 2.05) is 0 Å². The standard InChI is InChI=1S/C20H21FN4O4/c1-12(26)22-17-7-14(8-18(10-17)23-13(2)27)20(29)25(3)11-19(28)24-16-6-4-5-15(21)9-16/h4-10H,11H2,1-3H3,(H,22,26)(H,23,27)(H,24,28). The van der Waals surface area contributed by atoms with Crippen molar-refractivity contribution < 1.29 is 23.6 Å². The topological polar surface area (TPSA) is 108 Å². The average Bonchev–Trinajstić information content (AvgIpc) is 2.59. The fourth-order valence-electron chi connectivity index (χ4n) is 2.58. The predicted molar refractivity (Wildman–Crippen MR) is 107 cm³/mol. The third-order valence-electron chi connectivity index (χ3n) is 3.66. The van der Waals surface area contributed by atoms with Crippen molar-refractivity contribution in [1.82, 2.24) is 4.90 Å². The smallest absolute Gasteiger partial charge is 0.254 e. The van der Waals surface area contributed by atoms with E-state index in [2.05, 4.69) is 16.0 Å². The molecule has 3 N–H and O–H groups in total. The first-order valence-corrected chi connectivity index (χ1v) is 8.65. The van der Waals surface area contributed by atoms with E-state index in [9.17, 15) is 23.6 Å². The second kappa shape index (κ2) is 9.45. The summed E-state index contributed by atoms with van der Waals surface area (Å²) in [6.45, 7) is 2.35. The number of likely N-dealkylation sites (N-methyl/N-ethyl adjacent to an activating group) is 1. The van der Waals surface area contributed by atoms with E-state index in [-0.39, 0.29) is 29.6 Å². The van der Waals surface area contributed by atoms with Gasteiger partial charge in [-0.2, -0.15) is 0 Å². The molecule has 0 fully saturated rings. The molecule has 8 nitrogen and oxygen atoms in total. The molecule has 0 aliphatic carbocycles. The third kappa shape index (κ3) is 6.73. The molecule has 29 heavy (non-hydrogen) atoms. The van der Waals surface area contributed by atoms with E-state index in [0.717, 1.165) is 6.07 Å². The SMILES string of the molecule is CC(=O)Nc1cc(NC(C)=O)cc(C(=O)N(C)CC(=O)Nc2cccc(F)c2)c1. The van der Waals surface area contributed by atoms with E-state index in [0.29, 0.717) is 11.4 Å². The van der Waals surface area contributed by atoms with Gasteiger partial charge < -0.3 is 20.9 Å². The fourth-order valence-corrected chi connectivity index (χ4v) is 2.58. The first-order chi connectivity index (χ1) is 13.6. The van der Waals surface area contributed by atoms with Crippen LogP contribution in [-0.2, 0) is 14.4 Å². The molecule has 0 radical (unpaired) electrons. The van der Waals surface area contributed by atoms with Gasteiger partial charge in [0.25, 0.3) is 5.91 Å². The van der Waals surface area contributed by atoms with Gasteiger partial charge in [-0.1, -0.05) is 6.07 Å². The molecule has 9 heteroatoms. The Kier molecular flexibility index (Phi) is 7.02. The Morgan fingerprint density at radius 1 is 0.862 bits per heavy atom. The van der Waals surface area contributed by atoms with Gasteiger partial charge in [0.05, 0.1) is 6.54 Å². The van der Waals surface area contributed by atoms with Gasteiger partial charge in [-0.25, -0.2) is 4.39 Å². The van der Waals surface area contributed by atoms with Crippen molar-refractivity contribution in [2.45, 2.75) is 13.8 Å². The number of benzene rings is 2. The van der Waals surface area contributed by atoms with Gasteiger partial charge in [-0.3, -0.25) is 19.2 Å². The molecule has 0 atom stereocenters. The van der Waals surface area contributed by atoms with Crippen molar-refractivity contribution in [3.8, 4) is 0 Å². The molecule has 0 heterocycles. The van der Waals surface area contributed by atoms with Gasteiger partial charge in [0, 0.05) is 43.5 Å². The number of carbonyl (C=O) groups excluding carboxylic acids is 4. The summed E-state index contributed by atoms with van der Waals surface area (Å²) in [6.07, 6.45) is 0. The summed E-state index contributed by atoms with van der Waals surface area (Å²) < 4.78 is 13.2. The molecule has 0 saturated heterocycles. The Balaban J connectivity index is 2.15. The third-order valence-corrected chi connectivity index (χ3v) is 3.66. The zero-order valence-electron chi connectivity index (χ0n) is 16.2. The molecule has 0 aliphatic heterocycles. The van der Waals surface area contributed by atoms with Crippen molar-refractivity contribution in [3.63, 3.8) is 0 Å². The number of rotatable bonds is 6. The Hall–Kier alpha value is -3.75. The van der Waals surface area contributed by atoms with Crippen molar-refractivity contribution >= 4 is 40.7 Å². The molecule has 0 spiro atoms. The normalized spacial score (nSPS) is 10.1. The Morgan fingerprint density at radius 3 is 1.97 bits per heavy atom. The highest BCUT2D eigenvalue weighted by Crippen LogP contribution is 2.20. The highest BCUT2D eigenvalue weighted by atomic mass is 19.1. The maximum Gasteiger partial charge on any atom is 0.254 e. The maximum atomic E-state index is 13.2. The number of nitrogens with zero attached hydrogens (tertiary/aromatic N) is 1. The summed E-state index contributed by atoms with van der Waals surface area (Å²) in [5, 5.41) is 7.62. The van der Waals surface area contributed by atoms with Gasteiger partial charge in [0.2, 0.25) is 17.7 Å². The molecule has 2 aromatic rings. The largest absolute Gasteiger partial charge is 0.332 e. The van der Waals surface area contributed by atoms with E-state index in [1.165, 1.54) is 62.2 Å². The van der Waals surface area contributed by atoms with Gasteiger partial charge >= 0.3 is 0 Å². The molecule has 4 amide bonds. The summed E-state index contributed by atoms with van der Waals surface area (Å²) in [7, 11) is 1.43. The first kappa shape index (κ1) is 21.5. The van der Waals surface area contributed by atoms with E-state index < -0.39 is 17.6 Å². The number of nitrogens with one attached hydrogen (secondary N) is 3. The molecule has 2 rings (SSSR count). The molecule has 0 unspecified atom stereocenters. The van der Waals surface area contributed by atoms with Crippen LogP contribution < -0.4 is 16.0 Å². The van der Waals surface area contributed by atoms with Crippen LogP contribution in [0.4, 0.5) is 21.5 Å². The molecule has 2 aromatic carbocycles. The Bertz CT molecular complexity index is 927.